The van der Waals surface area contributed by atoms with E-state index in [1.807, 2.05) is 0 Å². The van der Waals surface area contributed by atoms with Crippen molar-refractivity contribution in [2.45, 2.75) is 76.5 Å². The molecule has 2 aromatic rings. The molecule has 6 nitrogen and oxygen atoms in total. The molecule has 2 rings (SSSR count). The zero-order valence-corrected chi connectivity index (χ0v) is 23.2. The zero-order chi connectivity index (χ0) is 27.0. The second-order valence-corrected chi connectivity index (χ2v) is 9.80. The maximum absolute atomic E-state index is 12.6. The van der Waals surface area contributed by atoms with Gasteiger partial charge in [-0.2, -0.15) is 0 Å². The molecule has 1 amide bonds. The first-order chi connectivity index (χ1) is 17.9. The molecule has 8 heteroatoms. The van der Waals surface area contributed by atoms with Crippen LogP contribution in [0.25, 0.3) is 0 Å². The number of rotatable bonds is 17. The summed E-state index contributed by atoms with van der Waals surface area (Å²) in [6.07, 6.45) is 12.0. The van der Waals surface area contributed by atoms with Gasteiger partial charge in [-0.05, 0) is 48.9 Å². The number of ketones is 1. The van der Waals surface area contributed by atoms with E-state index >= 15 is 0 Å². The highest BCUT2D eigenvalue weighted by Crippen LogP contribution is 2.25. The van der Waals surface area contributed by atoms with E-state index in [1.54, 1.807) is 12.1 Å². The summed E-state index contributed by atoms with van der Waals surface area (Å²) in [7, 11) is 1.51. The highest BCUT2D eigenvalue weighted by molar-refractivity contribution is 6.46. The number of halogens is 2. The second-order valence-electron chi connectivity index (χ2n) is 8.96. The molecule has 1 N–H and O–H groups in total. The predicted octanol–water partition coefficient (Wildman–Crippen LogP) is 7.86. The van der Waals surface area contributed by atoms with Gasteiger partial charge in [0.2, 0.25) is 5.91 Å². The maximum atomic E-state index is 12.6. The van der Waals surface area contributed by atoms with Gasteiger partial charge in [-0.25, -0.2) is 4.79 Å². The van der Waals surface area contributed by atoms with Crippen molar-refractivity contribution in [3.8, 4) is 5.75 Å². The van der Waals surface area contributed by atoms with Gasteiger partial charge in [0.25, 0.3) is 0 Å². The number of methoxy groups -OCH3 is 1. The van der Waals surface area contributed by atoms with Gasteiger partial charge in [-0.15, -0.1) is 11.6 Å². The molecule has 0 heterocycles. The topological polar surface area (TPSA) is 81.7 Å². The van der Waals surface area contributed by atoms with E-state index in [0.717, 1.165) is 19.3 Å². The van der Waals surface area contributed by atoms with E-state index < -0.39 is 23.0 Å². The minimum atomic E-state index is -1.48. The highest BCUT2D eigenvalue weighted by atomic mass is 35.5. The summed E-state index contributed by atoms with van der Waals surface area (Å²) < 4.78 is 10.4. The second kappa shape index (κ2) is 17.0. The smallest absolute Gasteiger partial charge is 0.338 e. The number of amides is 1. The van der Waals surface area contributed by atoms with Gasteiger partial charge in [0.1, 0.15) is 5.75 Å². The first kappa shape index (κ1) is 30.7. The largest absolute Gasteiger partial charge is 0.497 e. The Morgan fingerprint density at radius 2 is 1.41 bits per heavy atom. The number of hydrogen-bond acceptors (Lipinski definition) is 5. The van der Waals surface area contributed by atoms with Crippen LogP contribution in [0.5, 0.6) is 5.75 Å². The molecule has 0 radical (unpaired) electrons. The third-order valence-corrected chi connectivity index (χ3v) is 6.75. The third kappa shape index (κ3) is 10.7. The van der Waals surface area contributed by atoms with Crippen LogP contribution in [0.4, 0.5) is 5.69 Å². The van der Waals surface area contributed by atoms with Crippen LogP contribution >= 0.6 is 23.2 Å². The van der Waals surface area contributed by atoms with Crippen molar-refractivity contribution >= 4 is 46.5 Å². The average Bonchev–Trinajstić information content (AvgIpc) is 2.91. The Hall–Kier alpha value is -2.57. The lowest BCUT2D eigenvalue weighted by atomic mass is 10.1. The van der Waals surface area contributed by atoms with Crippen LogP contribution in [0.1, 0.15) is 91.8 Å². The van der Waals surface area contributed by atoms with Gasteiger partial charge < -0.3 is 14.8 Å². The predicted molar refractivity (Wildman–Crippen MR) is 149 cm³/mol. The first-order valence-corrected chi connectivity index (χ1v) is 13.8. The summed E-state index contributed by atoms with van der Waals surface area (Å²) in [5.41, 5.74) is 0.693. The third-order valence-electron chi connectivity index (χ3n) is 6.03. The molecule has 2 aromatic carbocycles. The summed E-state index contributed by atoms with van der Waals surface area (Å²) >= 11 is 12.3. The lowest BCUT2D eigenvalue weighted by Gasteiger charge is -2.13. The van der Waals surface area contributed by atoms with E-state index in [0.29, 0.717) is 12.4 Å². The van der Waals surface area contributed by atoms with Gasteiger partial charge in [0, 0.05) is 5.56 Å². The average molecular weight is 551 g/mol. The first-order valence-electron chi connectivity index (χ1n) is 13.0. The zero-order valence-electron chi connectivity index (χ0n) is 21.7. The summed E-state index contributed by atoms with van der Waals surface area (Å²) in [6.45, 7) is 2.56. The number of carbonyl (C=O) groups is 3. The van der Waals surface area contributed by atoms with Crippen LogP contribution in [0.15, 0.2) is 42.5 Å². The molecule has 1 unspecified atom stereocenters. The highest BCUT2D eigenvalue weighted by Gasteiger charge is 2.26. The summed E-state index contributed by atoms with van der Waals surface area (Å²) in [4.78, 5) is 37.6. The van der Waals surface area contributed by atoms with Gasteiger partial charge in [-0.1, -0.05) is 76.3 Å². The molecule has 0 aliphatic heterocycles. The molecule has 0 bridgehead atoms. The quantitative estimate of drug-likeness (QED) is 0.0713. The molecular weight excluding hydrogens is 513 g/mol. The Balaban J connectivity index is 1.78. The number of benzene rings is 2. The molecular formula is C29H37Cl2NO5. The molecule has 0 saturated heterocycles. The molecule has 0 spiro atoms. The van der Waals surface area contributed by atoms with E-state index in [2.05, 4.69) is 12.2 Å². The number of esters is 1. The number of anilines is 1. The Morgan fingerprint density at radius 1 is 0.838 bits per heavy atom. The minimum Gasteiger partial charge on any atom is -0.497 e. The van der Waals surface area contributed by atoms with Crippen LogP contribution in [-0.4, -0.2) is 36.8 Å². The summed E-state index contributed by atoms with van der Waals surface area (Å²) in [6, 6.07) is 10.7. The van der Waals surface area contributed by atoms with Crippen molar-refractivity contribution in [3.63, 3.8) is 0 Å². The van der Waals surface area contributed by atoms with E-state index in [9.17, 15) is 14.4 Å². The van der Waals surface area contributed by atoms with E-state index in [1.165, 1.54) is 82.4 Å². The van der Waals surface area contributed by atoms with Gasteiger partial charge in [0.15, 0.2) is 11.2 Å². The van der Waals surface area contributed by atoms with Crippen molar-refractivity contribution in [1.29, 1.82) is 0 Å². The van der Waals surface area contributed by atoms with Crippen LogP contribution in [0.2, 0.25) is 5.02 Å². The fourth-order valence-electron chi connectivity index (χ4n) is 3.80. The molecule has 0 aliphatic carbocycles. The minimum absolute atomic E-state index is 0.174. The Bertz CT molecular complexity index is 1010. The number of ether oxygens (including phenoxy) is 2. The van der Waals surface area contributed by atoms with Crippen molar-refractivity contribution in [3.05, 3.63) is 58.6 Å². The number of unbranched alkanes of at least 4 members (excludes halogenated alkanes) is 9. The molecule has 0 aromatic heterocycles. The van der Waals surface area contributed by atoms with E-state index in [-0.39, 0.29) is 21.8 Å². The van der Waals surface area contributed by atoms with Crippen LogP contribution in [0.3, 0.4) is 0 Å². The number of Topliss-reactive ketones (excluding diaryl/α,β-unsaturated/α-hetero) is 1. The van der Waals surface area contributed by atoms with Crippen LogP contribution in [-0.2, 0) is 9.53 Å². The molecule has 0 saturated carbocycles. The summed E-state index contributed by atoms with van der Waals surface area (Å²) in [5, 5.41) is 1.27. The molecule has 0 fully saturated rings. The number of hydrogen-bond donors (Lipinski definition) is 1. The SMILES string of the molecule is CCCCCCCCCCCCOC(=O)c1ccc(Cl)c(NC(=O)C(Cl)C(=O)c2ccc(OC)cc2)c1. The van der Waals surface area contributed by atoms with Crippen molar-refractivity contribution in [2.75, 3.05) is 19.0 Å². The van der Waals surface area contributed by atoms with Crippen LogP contribution < -0.4 is 10.1 Å². The fraction of sp³-hybridized carbons (Fsp3) is 0.483. The molecule has 202 valence electrons. The maximum Gasteiger partial charge on any atom is 0.338 e. The molecule has 0 aliphatic rings. The Morgan fingerprint density at radius 3 is 2.00 bits per heavy atom. The monoisotopic (exact) mass is 549 g/mol. The van der Waals surface area contributed by atoms with Gasteiger partial charge in [0.05, 0.1) is 30.0 Å². The van der Waals surface area contributed by atoms with Gasteiger partial charge >= 0.3 is 5.97 Å². The number of alkyl halides is 1. The Kier molecular flexibility index (Phi) is 14.1. The number of nitrogens with one attached hydrogen (secondary N) is 1. The standard InChI is InChI=1S/C29H37Cl2NO5/c1-3-4-5-6-7-8-9-10-11-12-19-37-29(35)22-15-18-24(30)25(20-22)32-28(34)26(31)27(33)21-13-16-23(36-2)17-14-21/h13-18,20,26H,3-12,19H2,1-2H3,(H,32,34). The van der Waals surface area contributed by atoms with E-state index in [4.69, 9.17) is 32.7 Å². The van der Waals surface area contributed by atoms with Crippen LogP contribution in [0, 0.1) is 0 Å². The molecule has 37 heavy (non-hydrogen) atoms. The molecule has 1 atom stereocenters. The van der Waals surface area contributed by atoms with Crippen molar-refractivity contribution < 1.29 is 23.9 Å². The fourth-order valence-corrected chi connectivity index (χ4v) is 4.15. The summed E-state index contributed by atoms with van der Waals surface area (Å²) in [5.74, 6) is -1.24. The number of carbonyl (C=O) groups excluding carboxylic acids is 3. The van der Waals surface area contributed by atoms with Gasteiger partial charge in [-0.3, -0.25) is 9.59 Å². The lowest BCUT2D eigenvalue weighted by molar-refractivity contribution is -0.115. The Labute approximate surface area is 230 Å². The lowest BCUT2D eigenvalue weighted by Crippen LogP contribution is -2.30. The normalized spacial score (nSPS) is 11.6. The van der Waals surface area contributed by atoms with Crippen molar-refractivity contribution in [2.24, 2.45) is 0 Å². The van der Waals surface area contributed by atoms with Crippen molar-refractivity contribution in [1.82, 2.24) is 0 Å².